The molecule has 0 aliphatic rings. The minimum Gasteiger partial charge on any atom is -0.399 e. The Labute approximate surface area is 117 Å². The number of benzene rings is 1. The minimum atomic E-state index is -3.54. The van der Waals surface area contributed by atoms with E-state index in [0.29, 0.717) is 12.2 Å². The van der Waals surface area contributed by atoms with Gasteiger partial charge >= 0.3 is 0 Å². The zero-order chi connectivity index (χ0) is 13.6. The number of sulfonamides is 1. The quantitative estimate of drug-likeness (QED) is 0.599. The van der Waals surface area contributed by atoms with Crippen molar-refractivity contribution in [2.24, 2.45) is 0 Å². The zero-order valence-corrected chi connectivity index (χ0v) is 12.5. The number of rotatable bonds is 7. The monoisotopic (exact) mass is 308 g/mol. The minimum absolute atomic E-state index is 0.0724. The van der Waals surface area contributed by atoms with Gasteiger partial charge in [-0.25, -0.2) is 13.1 Å². The fourth-order valence-corrected chi connectivity index (χ4v) is 3.51. The van der Waals surface area contributed by atoms with Crippen LogP contribution >= 0.6 is 23.4 Å². The second-order valence-electron chi connectivity index (χ2n) is 3.79. The standard InChI is InChI=1S/C11H17ClN2O2S2/c1-17-7-3-2-6-14-18(15,16)11-5-4-9(13)8-10(11)12/h4-5,8,14H,2-3,6-7,13H2,1H3. The summed E-state index contributed by atoms with van der Waals surface area (Å²) >= 11 is 7.62. The second kappa shape index (κ2) is 7.23. The van der Waals surface area contributed by atoms with Crippen LogP contribution < -0.4 is 10.5 Å². The van der Waals surface area contributed by atoms with Gasteiger partial charge in [-0.1, -0.05) is 11.6 Å². The highest BCUT2D eigenvalue weighted by molar-refractivity contribution is 7.98. The molecule has 0 saturated carbocycles. The first kappa shape index (κ1) is 15.6. The van der Waals surface area contributed by atoms with Crippen LogP contribution in [0, 0.1) is 0 Å². The summed E-state index contributed by atoms with van der Waals surface area (Å²) in [6.07, 6.45) is 3.82. The lowest BCUT2D eigenvalue weighted by molar-refractivity contribution is 0.578. The second-order valence-corrected chi connectivity index (χ2v) is 6.92. The average molecular weight is 309 g/mol. The Morgan fingerprint density at radius 2 is 2.11 bits per heavy atom. The van der Waals surface area contributed by atoms with E-state index in [1.54, 1.807) is 11.8 Å². The molecule has 7 heteroatoms. The third-order valence-corrected chi connectivity index (χ3v) is 4.95. The topological polar surface area (TPSA) is 72.2 Å². The molecule has 0 bridgehead atoms. The summed E-state index contributed by atoms with van der Waals surface area (Å²) in [5.74, 6) is 1.03. The van der Waals surface area contributed by atoms with Crippen molar-refractivity contribution in [1.29, 1.82) is 0 Å². The SMILES string of the molecule is CSCCCCNS(=O)(=O)c1ccc(N)cc1Cl. The summed E-state index contributed by atoms with van der Waals surface area (Å²) in [7, 11) is -3.54. The number of hydrogen-bond acceptors (Lipinski definition) is 4. The zero-order valence-electron chi connectivity index (χ0n) is 10.1. The Kier molecular flexibility index (Phi) is 6.28. The van der Waals surface area contributed by atoms with E-state index >= 15 is 0 Å². The summed E-state index contributed by atoms with van der Waals surface area (Å²) < 4.78 is 26.4. The van der Waals surface area contributed by atoms with E-state index in [9.17, 15) is 8.42 Å². The van der Waals surface area contributed by atoms with Gasteiger partial charge < -0.3 is 5.73 Å². The van der Waals surface area contributed by atoms with Crippen LogP contribution in [0.4, 0.5) is 5.69 Å². The lowest BCUT2D eigenvalue weighted by Gasteiger charge is -2.08. The van der Waals surface area contributed by atoms with Crippen LogP contribution in [0.1, 0.15) is 12.8 Å². The maximum absolute atomic E-state index is 12.0. The van der Waals surface area contributed by atoms with Gasteiger partial charge in [0.05, 0.1) is 5.02 Å². The van der Waals surface area contributed by atoms with Gasteiger partial charge in [-0.15, -0.1) is 0 Å². The smallest absolute Gasteiger partial charge is 0.242 e. The number of anilines is 1. The summed E-state index contributed by atoms with van der Waals surface area (Å²) in [5.41, 5.74) is 5.97. The first-order valence-corrected chi connectivity index (χ1v) is 8.76. The molecule has 0 aliphatic carbocycles. The largest absolute Gasteiger partial charge is 0.399 e. The maximum Gasteiger partial charge on any atom is 0.242 e. The molecular weight excluding hydrogens is 292 g/mol. The molecule has 0 fully saturated rings. The van der Waals surface area contributed by atoms with Crippen molar-refractivity contribution in [2.75, 3.05) is 24.3 Å². The molecule has 0 atom stereocenters. The molecule has 0 amide bonds. The Morgan fingerprint density at radius 3 is 2.72 bits per heavy atom. The van der Waals surface area contributed by atoms with Crippen molar-refractivity contribution in [3.05, 3.63) is 23.2 Å². The van der Waals surface area contributed by atoms with Gasteiger partial charge in [0.1, 0.15) is 4.90 Å². The summed E-state index contributed by atoms with van der Waals surface area (Å²) in [4.78, 5) is 0.0724. The van der Waals surface area contributed by atoms with Crippen molar-refractivity contribution in [3.63, 3.8) is 0 Å². The van der Waals surface area contributed by atoms with Crippen LogP contribution in [0.15, 0.2) is 23.1 Å². The van der Waals surface area contributed by atoms with Crippen LogP contribution in [-0.4, -0.2) is 27.0 Å². The number of unbranched alkanes of at least 4 members (excludes halogenated alkanes) is 1. The summed E-state index contributed by atoms with van der Waals surface area (Å²) in [5, 5.41) is 0.145. The number of hydrogen-bond donors (Lipinski definition) is 2. The van der Waals surface area contributed by atoms with E-state index in [1.165, 1.54) is 18.2 Å². The molecule has 0 aliphatic heterocycles. The van der Waals surface area contributed by atoms with E-state index in [0.717, 1.165) is 18.6 Å². The van der Waals surface area contributed by atoms with Crippen LogP contribution in [0.3, 0.4) is 0 Å². The Balaban J connectivity index is 2.63. The van der Waals surface area contributed by atoms with Gasteiger partial charge in [0.15, 0.2) is 0 Å². The molecule has 0 unspecified atom stereocenters. The fraction of sp³-hybridized carbons (Fsp3) is 0.455. The highest BCUT2D eigenvalue weighted by atomic mass is 35.5. The molecule has 1 rings (SSSR count). The number of halogens is 1. The fourth-order valence-electron chi connectivity index (χ4n) is 1.39. The third-order valence-electron chi connectivity index (χ3n) is 2.31. The van der Waals surface area contributed by atoms with Crippen LogP contribution in [0.2, 0.25) is 5.02 Å². The molecule has 1 aromatic carbocycles. The van der Waals surface area contributed by atoms with E-state index in [1.807, 2.05) is 6.26 Å². The number of nitrogen functional groups attached to an aromatic ring is 1. The Morgan fingerprint density at radius 1 is 1.39 bits per heavy atom. The van der Waals surface area contributed by atoms with Crippen molar-refractivity contribution in [3.8, 4) is 0 Å². The molecule has 4 nitrogen and oxygen atoms in total. The van der Waals surface area contributed by atoms with Crippen LogP contribution in [-0.2, 0) is 10.0 Å². The summed E-state index contributed by atoms with van der Waals surface area (Å²) in [6.45, 7) is 0.420. The van der Waals surface area contributed by atoms with Crippen molar-refractivity contribution in [1.82, 2.24) is 4.72 Å². The van der Waals surface area contributed by atoms with E-state index in [-0.39, 0.29) is 9.92 Å². The van der Waals surface area contributed by atoms with Gasteiger partial charge in [-0.3, -0.25) is 0 Å². The van der Waals surface area contributed by atoms with E-state index < -0.39 is 10.0 Å². The first-order chi connectivity index (χ1) is 8.47. The van der Waals surface area contributed by atoms with Gasteiger partial charge in [-0.2, -0.15) is 11.8 Å². The molecule has 0 radical (unpaired) electrons. The van der Waals surface area contributed by atoms with Crippen LogP contribution in [0.25, 0.3) is 0 Å². The van der Waals surface area contributed by atoms with Crippen molar-refractivity contribution >= 4 is 39.1 Å². The molecule has 0 aromatic heterocycles. The van der Waals surface area contributed by atoms with Gasteiger partial charge in [0, 0.05) is 12.2 Å². The van der Waals surface area contributed by atoms with E-state index in [4.69, 9.17) is 17.3 Å². The van der Waals surface area contributed by atoms with Crippen LogP contribution in [0.5, 0.6) is 0 Å². The highest BCUT2D eigenvalue weighted by Crippen LogP contribution is 2.23. The van der Waals surface area contributed by atoms with Crippen molar-refractivity contribution < 1.29 is 8.42 Å². The number of nitrogens with two attached hydrogens (primary N) is 1. The highest BCUT2D eigenvalue weighted by Gasteiger charge is 2.16. The molecule has 0 spiro atoms. The maximum atomic E-state index is 12.0. The van der Waals surface area contributed by atoms with Crippen molar-refractivity contribution in [2.45, 2.75) is 17.7 Å². The molecule has 0 heterocycles. The molecule has 1 aromatic rings. The van der Waals surface area contributed by atoms with Gasteiger partial charge in [0.25, 0.3) is 0 Å². The Hall–Kier alpha value is -0.430. The van der Waals surface area contributed by atoms with Gasteiger partial charge in [0.2, 0.25) is 10.0 Å². The van der Waals surface area contributed by atoms with Gasteiger partial charge in [-0.05, 0) is 43.0 Å². The molecule has 18 heavy (non-hydrogen) atoms. The molecule has 3 N–H and O–H groups in total. The lowest BCUT2D eigenvalue weighted by atomic mass is 10.3. The molecule has 102 valence electrons. The normalized spacial score (nSPS) is 11.7. The average Bonchev–Trinajstić information content (AvgIpc) is 2.28. The molecule has 0 saturated heterocycles. The lowest BCUT2D eigenvalue weighted by Crippen LogP contribution is -2.25. The predicted molar refractivity (Wildman–Crippen MR) is 78.7 cm³/mol. The third kappa shape index (κ3) is 4.68. The first-order valence-electron chi connectivity index (χ1n) is 5.51. The number of thioether (sulfide) groups is 1. The predicted octanol–water partition coefficient (Wildman–Crippen LogP) is 2.34. The summed E-state index contributed by atoms with van der Waals surface area (Å²) in [6, 6.07) is 4.37. The molecular formula is C11H17ClN2O2S2. The Bertz CT molecular complexity index is 492. The number of nitrogens with one attached hydrogen (secondary N) is 1. The van der Waals surface area contributed by atoms with E-state index in [2.05, 4.69) is 4.72 Å².